The van der Waals surface area contributed by atoms with E-state index in [2.05, 4.69) is 0 Å². The highest BCUT2D eigenvalue weighted by Crippen LogP contribution is 2.57. The van der Waals surface area contributed by atoms with Crippen LogP contribution >= 0.6 is 0 Å². The Hall–Kier alpha value is -0.250. The van der Waals surface area contributed by atoms with Crippen molar-refractivity contribution in [2.45, 2.75) is 50.3 Å². The van der Waals surface area contributed by atoms with Gasteiger partial charge in [0.25, 0.3) is 0 Å². The zero-order chi connectivity index (χ0) is 11.4. The Morgan fingerprint density at radius 3 is 1.75 bits per heavy atom. The molecule has 16 heavy (non-hydrogen) atoms. The molecule has 0 aromatic rings. The standard InChI is InChI=1S/C12H17F3O/c13-12(14,15)7-16-11-4-8-1-9(5-11)3-10(2-8)6-11/h8-10H,1-7H2. The summed E-state index contributed by atoms with van der Waals surface area (Å²) in [5.41, 5.74) is -0.412. The van der Waals surface area contributed by atoms with Crippen LogP contribution in [0.15, 0.2) is 0 Å². The SMILES string of the molecule is FC(F)(F)COC12CC3CC(CC(C3)C1)C2. The fourth-order valence-corrected chi connectivity index (χ4v) is 4.44. The van der Waals surface area contributed by atoms with Gasteiger partial charge in [0, 0.05) is 0 Å². The third kappa shape index (κ3) is 1.96. The Bertz CT molecular complexity index is 249. The molecule has 4 aliphatic rings. The smallest absolute Gasteiger partial charge is 0.366 e. The lowest BCUT2D eigenvalue weighted by Crippen LogP contribution is -2.52. The molecule has 1 nitrogen and oxygen atoms in total. The predicted octanol–water partition coefficient (Wildman–Crippen LogP) is 3.53. The predicted molar refractivity (Wildman–Crippen MR) is 52.9 cm³/mol. The maximum absolute atomic E-state index is 12.2. The van der Waals surface area contributed by atoms with E-state index < -0.39 is 18.4 Å². The topological polar surface area (TPSA) is 9.23 Å². The molecule has 0 aromatic carbocycles. The van der Waals surface area contributed by atoms with Crippen molar-refractivity contribution in [3.8, 4) is 0 Å². The van der Waals surface area contributed by atoms with E-state index in [1.807, 2.05) is 0 Å². The molecular formula is C12H17F3O. The molecule has 0 radical (unpaired) electrons. The summed E-state index contributed by atoms with van der Waals surface area (Å²) < 4.78 is 41.9. The second kappa shape index (κ2) is 3.37. The van der Waals surface area contributed by atoms with Crippen LogP contribution < -0.4 is 0 Å². The van der Waals surface area contributed by atoms with Gasteiger partial charge in [0.15, 0.2) is 0 Å². The van der Waals surface area contributed by atoms with E-state index >= 15 is 0 Å². The first-order valence-electron chi connectivity index (χ1n) is 6.15. The van der Waals surface area contributed by atoms with Crippen molar-refractivity contribution in [1.82, 2.24) is 0 Å². The second-order valence-corrected chi connectivity index (χ2v) is 6.00. The van der Waals surface area contributed by atoms with E-state index in [4.69, 9.17) is 4.74 Å². The average Bonchev–Trinajstić information content (AvgIpc) is 2.11. The number of ether oxygens (including phenoxy) is 1. The first-order valence-corrected chi connectivity index (χ1v) is 6.15. The Balaban J connectivity index is 1.69. The highest BCUT2D eigenvalue weighted by Gasteiger charge is 2.52. The van der Waals surface area contributed by atoms with E-state index in [0.29, 0.717) is 17.8 Å². The molecule has 4 bridgehead atoms. The lowest BCUT2D eigenvalue weighted by molar-refractivity contribution is -0.237. The second-order valence-electron chi connectivity index (χ2n) is 6.00. The van der Waals surface area contributed by atoms with Crippen LogP contribution in [0, 0.1) is 17.8 Å². The molecule has 0 atom stereocenters. The molecule has 0 aliphatic heterocycles. The van der Waals surface area contributed by atoms with Crippen LogP contribution in [0.3, 0.4) is 0 Å². The highest BCUT2D eigenvalue weighted by molar-refractivity contribution is 5.03. The Morgan fingerprint density at radius 1 is 0.938 bits per heavy atom. The van der Waals surface area contributed by atoms with Crippen LogP contribution in [-0.2, 0) is 4.74 Å². The minimum atomic E-state index is -4.18. The van der Waals surface area contributed by atoms with Crippen molar-refractivity contribution < 1.29 is 17.9 Å². The van der Waals surface area contributed by atoms with Crippen molar-refractivity contribution in [1.29, 1.82) is 0 Å². The molecular weight excluding hydrogens is 217 g/mol. The summed E-state index contributed by atoms with van der Waals surface area (Å²) in [6, 6.07) is 0. The summed E-state index contributed by atoms with van der Waals surface area (Å²) in [5, 5.41) is 0. The van der Waals surface area contributed by atoms with E-state index in [1.165, 1.54) is 19.3 Å². The van der Waals surface area contributed by atoms with Crippen LogP contribution in [0.5, 0.6) is 0 Å². The van der Waals surface area contributed by atoms with Crippen molar-refractivity contribution >= 4 is 0 Å². The third-order valence-electron chi connectivity index (χ3n) is 4.52. The quantitative estimate of drug-likeness (QED) is 0.710. The van der Waals surface area contributed by atoms with Gasteiger partial charge in [-0.3, -0.25) is 0 Å². The number of hydrogen-bond donors (Lipinski definition) is 0. The lowest BCUT2D eigenvalue weighted by Gasteiger charge is -2.56. The van der Waals surface area contributed by atoms with Crippen LogP contribution in [0.25, 0.3) is 0 Å². The Labute approximate surface area is 93.3 Å². The molecule has 0 aromatic heterocycles. The fraction of sp³-hybridized carbons (Fsp3) is 1.00. The molecule has 0 unspecified atom stereocenters. The lowest BCUT2D eigenvalue weighted by atomic mass is 9.54. The van der Waals surface area contributed by atoms with Gasteiger partial charge >= 0.3 is 6.18 Å². The number of alkyl halides is 3. The Kier molecular flexibility index (Phi) is 2.29. The van der Waals surface area contributed by atoms with Gasteiger partial charge in [-0.05, 0) is 56.3 Å². The van der Waals surface area contributed by atoms with Gasteiger partial charge in [-0.15, -0.1) is 0 Å². The molecule has 4 heteroatoms. The third-order valence-corrected chi connectivity index (χ3v) is 4.52. The maximum atomic E-state index is 12.2. The molecule has 92 valence electrons. The summed E-state index contributed by atoms with van der Waals surface area (Å²) in [6.45, 7) is -1.06. The van der Waals surface area contributed by atoms with Crippen LogP contribution in [0.2, 0.25) is 0 Å². The largest absolute Gasteiger partial charge is 0.411 e. The normalized spacial score (nSPS) is 46.3. The number of rotatable bonds is 2. The van der Waals surface area contributed by atoms with Gasteiger partial charge in [0.05, 0.1) is 5.60 Å². The summed E-state index contributed by atoms with van der Waals surface area (Å²) in [4.78, 5) is 0. The van der Waals surface area contributed by atoms with Crippen LogP contribution in [0.4, 0.5) is 13.2 Å². The zero-order valence-corrected chi connectivity index (χ0v) is 9.22. The Morgan fingerprint density at radius 2 is 1.38 bits per heavy atom. The summed E-state index contributed by atoms with van der Waals surface area (Å²) in [7, 11) is 0. The highest BCUT2D eigenvalue weighted by atomic mass is 19.4. The monoisotopic (exact) mass is 234 g/mol. The summed E-state index contributed by atoms with van der Waals surface area (Å²) >= 11 is 0. The summed E-state index contributed by atoms with van der Waals surface area (Å²) in [6.07, 6.45) is 2.13. The number of halogens is 3. The molecule has 0 N–H and O–H groups in total. The molecule has 4 fully saturated rings. The van der Waals surface area contributed by atoms with Gasteiger partial charge in [-0.2, -0.15) is 13.2 Å². The molecule has 4 aliphatic carbocycles. The van der Waals surface area contributed by atoms with Gasteiger partial charge in [0.2, 0.25) is 0 Å². The molecule has 4 saturated carbocycles. The zero-order valence-electron chi connectivity index (χ0n) is 9.22. The molecule has 0 amide bonds. The van der Waals surface area contributed by atoms with Crippen molar-refractivity contribution in [3.05, 3.63) is 0 Å². The fourth-order valence-electron chi connectivity index (χ4n) is 4.44. The minimum Gasteiger partial charge on any atom is -0.366 e. The average molecular weight is 234 g/mol. The van der Waals surface area contributed by atoms with Gasteiger partial charge in [0.1, 0.15) is 6.61 Å². The van der Waals surface area contributed by atoms with Gasteiger partial charge < -0.3 is 4.74 Å². The number of hydrogen-bond acceptors (Lipinski definition) is 1. The van der Waals surface area contributed by atoms with Gasteiger partial charge in [-0.25, -0.2) is 0 Å². The molecule has 0 spiro atoms. The molecule has 4 rings (SSSR count). The van der Waals surface area contributed by atoms with E-state index in [0.717, 1.165) is 19.3 Å². The van der Waals surface area contributed by atoms with Crippen molar-refractivity contribution in [2.24, 2.45) is 17.8 Å². The van der Waals surface area contributed by atoms with Gasteiger partial charge in [-0.1, -0.05) is 0 Å². The van der Waals surface area contributed by atoms with E-state index in [1.54, 1.807) is 0 Å². The van der Waals surface area contributed by atoms with Crippen molar-refractivity contribution in [2.75, 3.05) is 6.61 Å². The van der Waals surface area contributed by atoms with Crippen molar-refractivity contribution in [3.63, 3.8) is 0 Å². The molecule has 0 saturated heterocycles. The van der Waals surface area contributed by atoms with E-state index in [-0.39, 0.29) is 0 Å². The van der Waals surface area contributed by atoms with Crippen LogP contribution in [0.1, 0.15) is 38.5 Å². The van der Waals surface area contributed by atoms with Crippen LogP contribution in [-0.4, -0.2) is 18.4 Å². The summed E-state index contributed by atoms with van der Waals surface area (Å²) in [5.74, 6) is 1.92. The first-order chi connectivity index (χ1) is 7.44. The maximum Gasteiger partial charge on any atom is 0.411 e. The first kappa shape index (κ1) is 10.9. The molecule has 0 heterocycles. The van der Waals surface area contributed by atoms with E-state index in [9.17, 15) is 13.2 Å². The minimum absolute atomic E-state index is 0.412.